The molecule has 1 amide bonds. The van der Waals surface area contributed by atoms with E-state index < -0.39 is 17.9 Å². The molecule has 0 aromatic rings. The largest absolute Gasteiger partial charge is 0.353 e. The summed E-state index contributed by atoms with van der Waals surface area (Å²) in [5.74, 6) is -1.39. The van der Waals surface area contributed by atoms with E-state index in [1.807, 2.05) is 27.7 Å². The summed E-state index contributed by atoms with van der Waals surface area (Å²) in [5, 5.41) is 3.05. The Hall–Kier alpha value is -0.730. The molecular weight excluding hydrogens is 470 g/mol. The van der Waals surface area contributed by atoms with E-state index in [9.17, 15) is 4.79 Å². The number of amides is 1. The van der Waals surface area contributed by atoms with E-state index in [4.69, 9.17) is 23.7 Å². The molecule has 7 nitrogen and oxygen atoms in total. The Bertz CT molecular complexity index is 668. The second-order valence-electron chi connectivity index (χ2n) is 12.2. The Kier molecular flexibility index (Phi) is 12.6. The number of unbranched alkanes of at least 4 members (excludes halogenated alkanes) is 14. The van der Waals surface area contributed by atoms with Crippen LogP contribution in [-0.4, -0.2) is 54.7 Å². The zero-order chi connectivity index (χ0) is 26.7. The van der Waals surface area contributed by atoms with Gasteiger partial charge in [0.15, 0.2) is 17.9 Å². The molecule has 3 fully saturated rings. The van der Waals surface area contributed by atoms with Crippen LogP contribution < -0.4 is 5.32 Å². The van der Waals surface area contributed by atoms with Crippen molar-refractivity contribution in [2.75, 3.05) is 6.54 Å². The molecule has 216 valence electrons. The number of ether oxygens (including phenoxy) is 5. The third-order valence-corrected chi connectivity index (χ3v) is 7.76. The van der Waals surface area contributed by atoms with Gasteiger partial charge < -0.3 is 29.0 Å². The van der Waals surface area contributed by atoms with Crippen molar-refractivity contribution in [2.24, 2.45) is 0 Å². The molecule has 3 rings (SSSR count). The van der Waals surface area contributed by atoms with Crippen molar-refractivity contribution in [3.05, 3.63) is 0 Å². The number of carbonyl (C=O) groups is 1. The summed E-state index contributed by atoms with van der Waals surface area (Å²) in [6.07, 6.45) is 18.6. The summed E-state index contributed by atoms with van der Waals surface area (Å²) in [6, 6.07) is 0. The predicted octanol–water partition coefficient (Wildman–Crippen LogP) is 6.76. The quantitative estimate of drug-likeness (QED) is 0.199. The summed E-state index contributed by atoms with van der Waals surface area (Å²) >= 11 is 0. The first-order valence-electron chi connectivity index (χ1n) is 15.3. The molecular formula is C30H55NO6. The lowest BCUT2D eigenvalue weighted by Crippen LogP contribution is -2.57. The number of fused-ring (bicyclic) bond motifs is 3. The van der Waals surface area contributed by atoms with Gasteiger partial charge in [-0.3, -0.25) is 4.79 Å². The molecule has 3 aliphatic rings. The van der Waals surface area contributed by atoms with Crippen LogP contribution in [0.2, 0.25) is 0 Å². The van der Waals surface area contributed by atoms with Crippen LogP contribution in [0.1, 0.15) is 137 Å². The van der Waals surface area contributed by atoms with Gasteiger partial charge in [-0.15, -0.1) is 0 Å². The van der Waals surface area contributed by atoms with Gasteiger partial charge in [-0.1, -0.05) is 96.8 Å². The van der Waals surface area contributed by atoms with Crippen LogP contribution in [0.15, 0.2) is 0 Å². The fourth-order valence-electron chi connectivity index (χ4n) is 5.82. The number of hydrogen-bond acceptors (Lipinski definition) is 6. The second-order valence-corrected chi connectivity index (χ2v) is 12.2. The lowest BCUT2D eigenvalue weighted by Gasteiger charge is -2.37. The molecule has 0 saturated carbocycles. The second kappa shape index (κ2) is 15.2. The molecule has 5 atom stereocenters. The third kappa shape index (κ3) is 10.4. The van der Waals surface area contributed by atoms with Crippen molar-refractivity contribution >= 4 is 5.91 Å². The molecule has 0 aromatic heterocycles. The fraction of sp³-hybridized carbons (Fsp3) is 0.967. The van der Waals surface area contributed by atoms with Crippen molar-refractivity contribution in [2.45, 2.75) is 180 Å². The third-order valence-electron chi connectivity index (χ3n) is 7.76. The van der Waals surface area contributed by atoms with Crippen LogP contribution in [0.3, 0.4) is 0 Å². The highest BCUT2D eigenvalue weighted by Crippen LogP contribution is 2.43. The van der Waals surface area contributed by atoms with Crippen LogP contribution >= 0.6 is 0 Å². The minimum atomic E-state index is -0.734. The monoisotopic (exact) mass is 525 g/mol. The molecule has 37 heavy (non-hydrogen) atoms. The highest BCUT2D eigenvalue weighted by Gasteiger charge is 2.60. The van der Waals surface area contributed by atoms with Crippen LogP contribution in [-0.2, 0) is 28.5 Å². The Morgan fingerprint density at radius 3 is 1.65 bits per heavy atom. The molecule has 0 aromatic carbocycles. The van der Waals surface area contributed by atoms with E-state index in [1.165, 1.54) is 83.5 Å². The minimum absolute atomic E-state index is 0.0686. The summed E-state index contributed by atoms with van der Waals surface area (Å²) < 4.78 is 30.4. The SMILES string of the molecule is CCCCCCCCCCCCCCCCCC(=O)NC[C@H]1O[C@@H]2OC(C)(C)O[C@@H]2[C@H]2OC(C)(C)O[C@H]21. The molecule has 0 aliphatic carbocycles. The summed E-state index contributed by atoms with van der Waals surface area (Å²) in [4.78, 5) is 12.5. The van der Waals surface area contributed by atoms with E-state index in [-0.39, 0.29) is 30.3 Å². The van der Waals surface area contributed by atoms with E-state index in [0.29, 0.717) is 13.0 Å². The lowest BCUT2D eigenvalue weighted by atomic mass is 9.99. The standard InChI is InChI=1S/C30H55NO6/c1-6-7-8-9-10-11-12-13-14-15-16-17-18-19-20-21-24(32)31-22-23-25-26(35-29(2,3)34-25)27-28(33-23)37-30(4,5)36-27/h23,25-28H,6-22H2,1-5H3,(H,31,32)/t23-,25+,26+,27-,28-/m1/s1. The zero-order valence-corrected chi connectivity index (χ0v) is 24.4. The predicted molar refractivity (Wildman–Crippen MR) is 145 cm³/mol. The molecule has 1 N–H and O–H groups in total. The first kappa shape index (κ1) is 30.8. The average molecular weight is 526 g/mol. The van der Waals surface area contributed by atoms with E-state index in [1.54, 1.807) is 0 Å². The van der Waals surface area contributed by atoms with E-state index in [0.717, 1.165) is 12.8 Å². The van der Waals surface area contributed by atoms with Gasteiger partial charge in [0.2, 0.25) is 5.91 Å². The minimum Gasteiger partial charge on any atom is -0.353 e. The van der Waals surface area contributed by atoms with Gasteiger partial charge >= 0.3 is 0 Å². The van der Waals surface area contributed by atoms with Crippen LogP contribution in [0.25, 0.3) is 0 Å². The summed E-state index contributed by atoms with van der Waals surface area (Å²) in [5.41, 5.74) is 0. The van der Waals surface area contributed by atoms with Gasteiger partial charge in [0.1, 0.15) is 24.4 Å². The molecule has 3 heterocycles. The van der Waals surface area contributed by atoms with Crippen molar-refractivity contribution in [3.8, 4) is 0 Å². The molecule has 0 spiro atoms. The fourth-order valence-corrected chi connectivity index (χ4v) is 5.82. The summed E-state index contributed by atoms with van der Waals surface area (Å²) in [7, 11) is 0. The van der Waals surface area contributed by atoms with Gasteiger partial charge in [0.05, 0.1) is 0 Å². The molecule has 0 unspecified atom stereocenters. The Morgan fingerprint density at radius 1 is 0.622 bits per heavy atom. The highest BCUT2D eigenvalue weighted by atomic mass is 16.9. The molecule has 3 saturated heterocycles. The average Bonchev–Trinajstić information content (AvgIpc) is 3.33. The maximum Gasteiger partial charge on any atom is 0.220 e. The maximum atomic E-state index is 12.5. The Labute approximate surface area is 226 Å². The van der Waals surface area contributed by atoms with Gasteiger partial charge in [-0.25, -0.2) is 0 Å². The smallest absolute Gasteiger partial charge is 0.220 e. The number of hydrogen-bond donors (Lipinski definition) is 1. The number of carbonyl (C=O) groups excluding carboxylic acids is 1. The summed E-state index contributed by atoms with van der Waals surface area (Å²) in [6.45, 7) is 10.2. The van der Waals surface area contributed by atoms with Gasteiger partial charge in [0.25, 0.3) is 0 Å². The normalized spacial score (nSPS) is 29.7. The van der Waals surface area contributed by atoms with Crippen molar-refractivity contribution in [1.29, 1.82) is 0 Å². The zero-order valence-electron chi connectivity index (χ0n) is 24.4. The van der Waals surface area contributed by atoms with Crippen LogP contribution in [0.4, 0.5) is 0 Å². The van der Waals surface area contributed by atoms with E-state index >= 15 is 0 Å². The molecule has 0 radical (unpaired) electrons. The molecule has 3 aliphatic heterocycles. The van der Waals surface area contributed by atoms with Gasteiger partial charge in [-0.05, 0) is 34.1 Å². The highest BCUT2D eigenvalue weighted by molar-refractivity contribution is 5.75. The topological polar surface area (TPSA) is 75.3 Å². The molecule has 0 bridgehead atoms. The lowest BCUT2D eigenvalue weighted by molar-refractivity contribution is -0.232. The van der Waals surface area contributed by atoms with Gasteiger partial charge in [-0.2, -0.15) is 0 Å². The number of nitrogens with one attached hydrogen (secondary N) is 1. The maximum absolute atomic E-state index is 12.5. The van der Waals surface area contributed by atoms with Crippen LogP contribution in [0.5, 0.6) is 0 Å². The first-order chi connectivity index (χ1) is 17.7. The Morgan fingerprint density at radius 2 is 1.08 bits per heavy atom. The Balaban J connectivity index is 1.20. The van der Waals surface area contributed by atoms with Crippen molar-refractivity contribution < 1.29 is 28.5 Å². The van der Waals surface area contributed by atoms with Crippen molar-refractivity contribution in [1.82, 2.24) is 5.32 Å². The van der Waals surface area contributed by atoms with E-state index in [2.05, 4.69) is 12.2 Å². The molecule has 7 heteroatoms. The van der Waals surface area contributed by atoms with Crippen LogP contribution in [0, 0.1) is 0 Å². The van der Waals surface area contributed by atoms with Gasteiger partial charge in [0, 0.05) is 13.0 Å². The van der Waals surface area contributed by atoms with Crippen molar-refractivity contribution in [3.63, 3.8) is 0 Å². The first-order valence-corrected chi connectivity index (χ1v) is 15.3. The number of rotatable bonds is 18.